The Kier molecular flexibility index (Phi) is 1.96. The Morgan fingerprint density at radius 2 is 2.06 bits per heavy atom. The van der Waals surface area contributed by atoms with Gasteiger partial charge in [0.2, 0.25) is 5.95 Å². The summed E-state index contributed by atoms with van der Waals surface area (Å²) in [6.07, 6.45) is 3.32. The van der Waals surface area contributed by atoms with E-state index in [1.807, 2.05) is 30.5 Å². The van der Waals surface area contributed by atoms with Crippen molar-refractivity contribution in [3.8, 4) is 11.1 Å². The van der Waals surface area contributed by atoms with Crippen LogP contribution in [0.5, 0.6) is 0 Å². The Morgan fingerprint density at radius 1 is 1.12 bits per heavy atom. The van der Waals surface area contributed by atoms with Crippen LogP contribution < -0.4 is 0 Å². The van der Waals surface area contributed by atoms with Crippen molar-refractivity contribution in [2.75, 3.05) is 0 Å². The highest BCUT2D eigenvalue weighted by atomic mass is 19.1. The van der Waals surface area contributed by atoms with E-state index >= 15 is 0 Å². The Hall–Kier alpha value is -2.16. The molecule has 2 aromatic heterocycles. The van der Waals surface area contributed by atoms with E-state index in [1.165, 1.54) is 6.20 Å². The molecule has 0 saturated heterocycles. The molecule has 0 fully saturated rings. The van der Waals surface area contributed by atoms with Gasteiger partial charge < -0.3 is 4.98 Å². The van der Waals surface area contributed by atoms with Gasteiger partial charge in [0.05, 0.1) is 0 Å². The molecule has 1 aromatic carbocycles. The first-order valence-electron chi connectivity index (χ1n) is 5.02. The molecule has 16 heavy (non-hydrogen) atoms. The maximum atomic E-state index is 13.5. The van der Waals surface area contributed by atoms with Gasteiger partial charge in [-0.15, -0.1) is 0 Å². The minimum Gasteiger partial charge on any atom is -0.361 e. The maximum absolute atomic E-state index is 13.5. The van der Waals surface area contributed by atoms with Gasteiger partial charge in [-0.3, -0.25) is 0 Å². The molecule has 0 spiro atoms. The molecule has 2 heterocycles. The summed E-state index contributed by atoms with van der Waals surface area (Å²) < 4.78 is 13.5. The summed E-state index contributed by atoms with van der Waals surface area (Å²) in [6, 6.07) is 11.2. The second-order valence-electron chi connectivity index (χ2n) is 3.62. The number of hydrogen-bond donors (Lipinski definition) is 1. The third kappa shape index (κ3) is 1.37. The molecule has 78 valence electrons. The van der Waals surface area contributed by atoms with Gasteiger partial charge in [-0.25, -0.2) is 4.98 Å². The van der Waals surface area contributed by atoms with Gasteiger partial charge in [-0.2, -0.15) is 4.39 Å². The van der Waals surface area contributed by atoms with Crippen molar-refractivity contribution in [2.45, 2.75) is 0 Å². The fraction of sp³-hybridized carbons (Fsp3) is 0. The number of nitrogens with zero attached hydrogens (tertiary/aromatic N) is 1. The maximum Gasteiger partial charge on any atom is 0.220 e. The van der Waals surface area contributed by atoms with Gasteiger partial charge in [-0.05, 0) is 35.2 Å². The van der Waals surface area contributed by atoms with E-state index < -0.39 is 5.95 Å². The smallest absolute Gasteiger partial charge is 0.220 e. The van der Waals surface area contributed by atoms with Crippen LogP contribution in [0.25, 0.3) is 22.0 Å². The lowest BCUT2D eigenvalue weighted by molar-refractivity contribution is 0.587. The predicted octanol–water partition coefficient (Wildman–Crippen LogP) is 3.37. The molecule has 2 nitrogen and oxygen atoms in total. The molecular weight excluding hydrogens is 203 g/mol. The van der Waals surface area contributed by atoms with E-state index in [0.29, 0.717) is 5.56 Å². The average Bonchev–Trinajstić information content (AvgIpc) is 2.76. The summed E-state index contributed by atoms with van der Waals surface area (Å²) >= 11 is 0. The summed E-state index contributed by atoms with van der Waals surface area (Å²) in [5.74, 6) is -0.437. The third-order valence-electron chi connectivity index (χ3n) is 2.63. The summed E-state index contributed by atoms with van der Waals surface area (Å²) in [5.41, 5.74) is 2.36. The zero-order chi connectivity index (χ0) is 11.0. The fourth-order valence-electron chi connectivity index (χ4n) is 1.82. The second kappa shape index (κ2) is 3.45. The predicted molar refractivity (Wildman–Crippen MR) is 61.5 cm³/mol. The number of pyridine rings is 1. The van der Waals surface area contributed by atoms with Crippen LogP contribution >= 0.6 is 0 Å². The Bertz CT molecular complexity index is 643. The first-order chi connectivity index (χ1) is 7.84. The molecule has 0 aliphatic heterocycles. The van der Waals surface area contributed by atoms with Crippen molar-refractivity contribution < 1.29 is 4.39 Å². The SMILES string of the molecule is Fc1ncccc1-c1ccc2cc[nH]c2c1. The highest BCUT2D eigenvalue weighted by molar-refractivity contribution is 5.84. The molecule has 0 unspecified atom stereocenters. The van der Waals surface area contributed by atoms with Crippen molar-refractivity contribution in [3.05, 3.63) is 54.7 Å². The zero-order valence-corrected chi connectivity index (χ0v) is 8.44. The van der Waals surface area contributed by atoms with Crippen LogP contribution in [0.15, 0.2) is 48.8 Å². The molecule has 3 rings (SSSR count). The molecule has 0 aliphatic carbocycles. The zero-order valence-electron chi connectivity index (χ0n) is 8.44. The van der Waals surface area contributed by atoms with Crippen LogP contribution in [0, 0.1) is 5.95 Å². The van der Waals surface area contributed by atoms with Crippen LogP contribution in [-0.2, 0) is 0 Å². The van der Waals surface area contributed by atoms with Crippen molar-refractivity contribution in [3.63, 3.8) is 0 Å². The Labute approximate surface area is 91.8 Å². The van der Waals surface area contributed by atoms with E-state index in [2.05, 4.69) is 9.97 Å². The van der Waals surface area contributed by atoms with Crippen molar-refractivity contribution in [1.82, 2.24) is 9.97 Å². The number of aromatic amines is 1. The topological polar surface area (TPSA) is 28.7 Å². The fourth-order valence-corrected chi connectivity index (χ4v) is 1.82. The van der Waals surface area contributed by atoms with Gasteiger partial charge in [0.25, 0.3) is 0 Å². The number of fused-ring (bicyclic) bond motifs is 1. The van der Waals surface area contributed by atoms with E-state index in [1.54, 1.807) is 12.1 Å². The van der Waals surface area contributed by atoms with E-state index in [9.17, 15) is 4.39 Å². The van der Waals surface area contributed by atoms with Gasteiger partial charge in [-0.1, -0.05) is 12.1 Å². The number of benzene rings is 1. The quantitative estimate of drug-likeness (QED) is 0.615. The summed E-state index contributed by atoms with van der Waals surface area (Å²) in [6.45, 7) is 0. The van der Waals surface area contributed by atoms with Gasteiger partial charge in [0.15, 0.2) is 0 Å². The molecule has 3 heteroatoms. The molecule has 0 saturated carbocycles. The van der Waals surface area contributed by atoms with Gasteiger partial charge in [0, 0.05) is 23.5 Å². The van der Waals surface area contributed by atoms with E-state index in [0.717, 1.165) is 16.5 Å². The lowest BCUT2D eigenvalue weighted by atomic mass is 10.1. The lowest BCUT2D eigenvalue weighted by Gasteiger charge is -2.02. The molecular formula is C13H9FN2. The van der Waals surface area contributed by atoms with Crippen molar-refractivity contribution in [1.29, 1.82) is 0 Å². The lowest BCUT2D eigenvalue weighted by Crippen LogP contribution is -1.87. The van der Waals surface area contributed by atoms with Crippen LogP contribution in [0.1, 0.15) is 0 Å². The highest BCUT2D eigenvalue weighted by Gasteiger charge is 2.05. The first-order valence-corrected chi connectivity index (χ1v) is 5.02. The van der Waals surface area contributed by atoms with Crippen molar-refractivity contribution in [2.24, 2.45) is 0 Å². The molecule has 0 bridgehead atoms. The van der Waals surface area contributed by atoms with Crippen LogP contribution in [-0.4, -0.2) is 9.97 Å². The molecule has 0 aliphatic rings. The standard InChI is InChI=1S/C13H9FN2/c14-13-11(2-1-6-16-13)10-4-3-9-5-7-15-12(9)8-10/h1-8,15H. The number of aromatic nitrogens is 2. The second-order valence-corrected chi connectivity index (χ2v) is 3.62. The summed E-state index contributed by atoms with van der Waals surface area (Å²) in [5, 5.41) is 1.12. The van der Waals surface area contributed by atoms with Crippen LogP contribution in [0.2, 0.25) is 0 Å². The number of hydrogen-bond acceptors (Lipinski definition) is 1. The van der Waals surface area contributed by atoms with Crippen molar-refractivity contribution >= 4 is 10.9 Å². The van der Waals surface area contributed by atoms with E-state index in [-0.39, 0.29) is 0 Å². The number of H-pyrrole nitrogens is 1. The summed E-state index contributed by atoms with van der Waals surface area (Å²) in [4.78, 5) is 6.75. The highest BCUT2D eigenvalue weighted by Crippen LogP contribution is 2.24. The monoisotopic (exact) mass is 212 g/mol. The molecule has 3 aromatic rings. The average molecular weight is 212 g/mol. The van der Waals surface area contributed by atoms with Crippen LogP contribution in [0.3, 0.4) is 0 Å². The Morgan fingerprint density at radius 3 is 2.94 bits per heavy atom. The van der Waals surface area contributed by atoms with Crippen LogP contribution in [0.4, 0.5) is 4.39 Å². The van der Waals surface area contributed by atoms with E-state index in [4.69, 9.17) is 0 Å². The number of rotatable bonds is 1. The minimum atomic E-state index is -0.437. The molecule has 1 N–H and O–H groups in total. The third-order valence-corrected chi connectivity index (χ3v) is 2.63. The molecule has 0 atom stereocenters. The number of halogens is 1. The Balaban J connectivity index is 2.22. The van der Waals surface area contributed by atoms with Gasteiger partial charge in [0.1, 0.15) is 0 Å². The minimum absolute atomic E-state index is 0.437. The normalized spacial score (nSPS) is 10.8. The summed E-state index contributed by atoms with van der Waals surface area (Å²) in [7, 11) is 0. The molecule has 0 amide bonds. The first kappa shape index (κ1) is 9.09. The van der Waals surface area contributed by atoms with Gasteiger partial charge >= 0.3 is 0 Å². The molecule has 0 radical (unpaired) electrons. The largest absolute Gasteiger partial charge is 0.361 e. The number of nitrogens with one attached hydrogen (secondary N) is 1.